The number of benzene rings is 1. The Morgan fingerprint density at radius 1 is 1.26 bits per heavy atom. The van der Waals surface area contributed by atoms with E-state index in [0.717, 1.165) is 33.3 Å². The molecule has 1 heterocycles. The zero-order valence-corrected chi connectivity index (χ0v) is 12.5. The van der Waals surface area contributed by atoms with Crippen LogP contribution >= 0.6 is 11.3 Å². The average molecular weight is 274 g/mol. The summed E-state index contributed by atoms with van der Waals surface area (Å²) >= 11 is 1.49. The fraction of sp³-hybridized carbons (Fsp3) is 0.333. The van der Waals surface area contributed by atoms with Crippen molar-refractivity contribution in [1.82, 2.24) is 4.98 Å². The lowest BCUT2D eigenvalue weighted by atomic mass is 10.2. The zero-order valence-electron chi connectivity index (χ0n) is 11.7. The summed E-state index contributed by atoms with van der Waals surface area (Å²) in [7, 11) is 4.03. The number of hydrogen-bond donors (Lipinski definition) is 0. The summed E-state index contributed by atoms with van der Waals surface area (Å²) in [5, 5.41) is 0.923. The van der Waals surface area contributed by atoms with E-state index < -0.39 is 0 Å². The highest BCUT2D eigenvalue weighted by Gasteiger charge is 2.14. The van der Waals surface area contributed by atoms with Crippen LogP contribution in [-0.2, 0) is 6.42 Å². The van der Waals surface area contributed by atoms with Crippen LogP contribution in [0.4, 0.5) is 5.69 Å². The van der Waals surface area contributed by atoms with Crippen LogP contribution in [0.5, 0.6) is 0 Å². The molecule has 0 fully saturated rings. The van der Waals surface area contributed by atoms with Crippen molar-refractivity contribution in [3.63, 3.8) is 0 Å². The number of ketones is 1. The van der Waals surface area contributed by atoms with Crippen LogP contribution in [-0.4, -0.2) is 24.9 Å². The second-order valence-electron chi connectivity index (χ2n) is 4.65. The van der Waals surface area contributed by atoms with Crippen molar-refractivity contribution >= 4 is 22.8 Å². The Bertz CT molecular complexity index is 585. The van der Waals surface area contributed by atoms with Gasteiger partial charge >= 0.3 is 0 Å². The third kappa shape index (κ3) is 2.84. The summed E-state index contributed by atoms with van der Waals surface area (Å²) in [6, 6.07) is 8.24. The number of aryl methyl sites for hydroxylation is 1. The van der Waals surface area contributed by atoms with Crippen molar-refractivity contribution < 1.29 is 4.79 Å². The zero-order chi connectivity index (χ0) is 14.0. The topological polar surface area (TPSA) is 33.2 Å². The number of hydrogen-bond acceptors (Lipinski definition) is 4. The van der Waals surface area contributed by atoms with E-state index in [2.05, 4.69) is 34.1 Å². The first kappa shape index (κ1) is 13.7. The number of carbonyl (C=O) groups excluding carboxylic acids is 1. The molecule has 2 aromatic rings. The standard InChI is InChI=1S/C15H18N2OS/c1-5-13-14(10(2)18)19-15(16-13)11-6-8-12(9-7-11)17(3)4/h6-9H,5H2,1-4H3. The van der Waals surface area contributed by atoms with Crippen molar-refractivity contribution in [3.05, 3.63) is 34.8 Å². The van der Waals surface area contributed by atoms with E-state index in [4.69, 9.17) is 0 Å². The molecule has 0 spiro atoms. The number of carbonyl (C=O) groups is 1. The van der Waals surface area contributed by atoms with Crippen molar-refractivity contribution in [1.29, 1.82) is 0 Å². The molecule has 0 amide bonds. The number of anilines is 1. The predicted molar refractivity (Wildman–Crippen MR) is 81.3 cm³/mol. The van der Waals surface area contributed by atoms with Gasteiger partial charge in [0.1, 0.15) is 5.01 Å². The molecule has 1 aromatic carbocycles. The fourth-order valence-corrected chi connectivity index (χ4v) is 2.95. The molecule has 0 saturated carbocycles. The molecule has 0 radical (unpaired) electrons. The molecule has 0 aliphatic heterocycles. The molecule has 1 aromatic heterocycles. The normalized spacial score (nSPS) is 10.5. The third-order valence-corrected chi connectivity index (χ3v) is 4.23. The molecular weight excluding hydrogens is 256 g/mol. The Kier molecular flexibility index (Phi) is 4.00. The van der Waals surface area contributed by atoms with Crippen LogP contribution in [0.25, 0.3) is 10.6 Å². The molecule has 0 saturated heterocycles. The first-order chi connectivity index (χ1) is 9.02. The molecule has 0 unspecified atom stereocenters. The molecule has 0 bridgehead atoms. The first-order valence-electron chi connectivity index (χ1n) is 6.31. The van der Waals surface area contributed by atoms with Gasteiger partial charge in [-0.15, -0.1) is 11.3 Å². The van der Waals surface area contributed by atoms with Crippen LogP contribution in [0.2, 0.25) is 0 Å². The minimum absolute atomic E-state index is 0.102. The summed E-state index contributed by atoms with van der Waals surface area (Å²) in [6.07, 6.45) is 0.793. The number of Topliss-reactive ketones (excluding diaryl/α,β-unsaturated/α-hetero) is 1. The van der Waals surface area contributed by atoms with Gasteiger partial charge < -0.3 is 4.90 Å². The minimum atomic E-state index is 0.102. The summed E-state index contributed by atoms with van der Waals surface area (Å²) in [4.78, 5) is 19.0. The van der Waals surface area contributed by atoms with E-state index in [-0.39, 0.29) is 5.78 Å². The molecule has 100 valence electrons. The van der Waals surface area contributed by atoms with Crippen molar-refractivity contribution in [2.24, 2.45) is 0 Å². The third-order valence-electron chi connectivity index (χ3n) is 2.98. The monoisotopic (exact) mass is 274 g/mol. The van der Waals surface area contributed by atoms with E-state index >= 15 is 0 Å². The van der Waals surface area contributed by atoms with Gasteiger partial charge in [-0.05, 0) is 30.7 Å². The second-order valence-corrected chi connectivity index (χ2v) is 5.64. The van der Waals surface area contributed by atoms with E-state index in [0.29, 0.717) is 0 Å². The molecular formula is C15H18N2OS. The maximum absolute atomic E-state index is 11.6. The highest BCUT2D eigenvalue weighted by Crippen LogP contribution is 2.29. The molecule has 0 aliphatic carbocycles. The highest BCUT2D eigenvalue weighted by atomic mass is 32.1. The second kappa shape index (κ2) is 5.53. The number of thiazole rings is 1. The van der Waals surface area contributed by atoms with E-state index in [9.17, 15) is 4.79 Å². The van der Waals surface area contributed by atoms with Gasteiger partial charge in [-0.25, -0.2) is 4.98 Å². The maximum atomic E-state index is 11.6. The van der Waals surface area contributed by atoms with Gasteiger partial charge in [0, 0.05) is 32.3 Å². The number of aromatic nitrogens is 1. The Labute approximate surface area is 117 Å². The smallest absolute Gasteiger partial charge is 0.171 e. The predicted octanol–water partition coefficient (Wildman–Crippen LogP) is 3.64. The lowest BCUT2D eigenvalue weighted by Gasteiger charge is -2.11. The fourth-order valence-electron chi connectivity index (χ4n) is 1.89. The Hall–Kier alpha value is -1.68. The SMILES string of the molecule is CCc1nc(-c2ccc(N(C)C)cc2)sc1C(C)=O. The quantitative estimate of drug-likeness (QED) is 0.798. The molecule has 4 heteroatoms. The summed E-state index contributed by atoms with van der Waals surface area (Å²) < 4.78 is 0. The van der Waals surface area contributed by atoms with Crippen LogP contribution in [0.3, 0.4) is 0 Å². The minimum Gasteiger partial charge on any atom is -0.378 e. The Morgan fingerprint density at radius 2 is 1.89 bits per heavy atom. The lowest BCUT2D eigenvalue weighted by molar-refractivity contribution is 0.102. The maximum Gasteiger partial charge on any atom is 0.171 e. The van der Waals surface area contributed by atoms with Crippen molar-refractivity contribution in [2.75, 3.05) is 19.0 Å². The molecule has 19 heavy (non-hydrogen) atoms. The van der Waals surface area contributed by atoms with Crippen molar-refractivity contribution in [2.45, 2.75) is 20.3 Å². The van der Waals surface area contributed by atoms with Crippen LogP contribution < -0.4 is 4.90 Å². The van der Waals surface area contributed by atoms with Crippen LogP contribution in [0.15, 0.2) is 24.3 Å². The summed E-state index contributed by atoms with van der Waals surface area (Å²) in [5.74, 6) is 0.102. The van der Waals surface area contributed by atoms with Gasteiger partial charge in [0.05, 0.1) is 10.6 Å². The van der Waals surface area contributed by atoms with E-state index in [1.807, 2.05) is 21.0 Å². The molecule has 2 rings (SSSR count). The van der Waals surface area contributed by atoms with E-state index in [1.54, 1.807) is 6.92 Å². The highest BCUT2D eigenvalue weighted by molar-refractivity contribution is 7.17. The number of rotatable bonds is 4. The first-order valence-corrected chi connectivity index (χ1v) is 7.13. The van der Waals surface area contributed by atoms with Crippen LogP contribution in [0.1, 0.15) is 29.2 Å². The van der Waals surface area contributed by atoms with Gasteiger partial charge in [-0.1, -0.05) is 6.92 Å². The van der Waals surface area contributed by atoms with E-state index in [1.165, 1.54) is 11.3 Å². The molecule has 0 atom stereocenters. The average Bonchev–Trinajstić information content (AvgIpc) is 2.83. The lowest BCUT2D eigenvalue weighted by Crippen LogP contribution is -2.07. The van der Waals surface area contributed by atoms with Crippen LogP contribution in [0, 0.1) is 0 Å². The molecule has 3 nitrogen and oxygen atoms in total. The summed E-state index contributed by atoms with van der Waals surface area (Å²) in [5.41, 5.74) is 3.13. The number of nitrogens with zero attached hydrogens (tertiary/aromatic N) is 2. The van der Waals surface area contributed by atoms with Gasteiger partial charge in [0.15, 0.2) is 5.78 Å². The van der Waals surface area contributed by atoms with Gasteiger partial charge in [0.25, 0.3) is 0 Å². The van der Waals surface area contributed by atoms with Crippen molar-refractivity contribution in [3.8, 4) is 10.6 Å². The molecule has 0 aliphatic rings. The van der Waals surface area contributed by atoms with Gasteiger partial charge in [0.2, 0.25) is 0 Å². The molecule has 0 N–H and O–H groups in total. The summed E-state index contributed by atoms with van der Waals surface area (Å²) in [6.45, 7) is 3.63. The Balaban J connectivity index is 2.39. The Morgan fingerprint density at radius 3 is 2.32 bits per heavy atom. The largest absolute Gasteiger partial charge is 0.378 e. The van der Waals surface area contributed by atoms with Gasteiger partial charge in [-0.2, -0.15) is 0 Å². The van der Waals surface area contributed by atoms with Gasteiger partial charge in [-0.3, -0.25) is 4.79 Å².